The standard InChI is InChI=1S/C17H23ClFN3O3/c1-20-4-6-21(7-5-20)15-9-22(10-16(15)23)17(24)11-25-12-2-3-14(19)13(18)8-12/h2-3,8,15-16,23H,4-7,9-11H2,1H3/t15-,16-/m1/s1. The molecule has 2 atom stereocenters. The number of benzene rings is 1. The van der Waals surface area contributed by atoms with Crippen molar-refractivity contribution in [2.24, 2.45) is 0 Å². The Morgan fingerprint density at radius 1 is 1.32 bits per heavy atom. The van der Waals surface area contributed by atoms with Crippen molar-refractivity contribution in [3.05, 3.63) is 29.0 Å². The molecule has 1 N–H and O–H groups in total. The van der Waals surface area contributed by atoms with Crippen LogP contribution in [0.15, 0.2) is 18.2 Å². The number of piperazine rings is 1. The minimum absolute atomic E-state index is 0.0297. The Morgan fingerprint density at radius 3 is 2.72 bits per heavy atom. The zero-order valence-corrected chi connectivity index (χ0v) is 15.0. The Kier molecular flexibility index (Phi) is 5.78. The van der Waals surface area contributed by atoms with E-state index in [1.807, 2.05) is 0 Å². The first kappa shape index (κ1) is 18.4. The summed E-state index contributed by atoms with van der Waals surface area (Å²) < 4.78 is 18.5. The van der Waals surface area contributed by atoms with Gasteiger partial charge in [0.05, 0.1) is 17.2 Å². The zero-order chi connectivity index (χ0) is 18.0. The highest BCUT2D eigenvalue weighted by Crippen LogP contribution is 2.22. The molecule has 0 unspecified atom stereocenters. The zero-order valence-electron chi connectivity index (χ0n) is 14.2. The molecule has 3 rings (SSSR count). The van der Waals surface area contributed by atoms with Crippen molar-refractivity contribution < 1.29 is 19.0 Å². The Labute approximate surface area is 151 Å². The molecule has 1 aromatic carbocycles. The lowest BCUT2D eigenvalue weighted by Crippen LogP contribution is -2.52. The molecule has 2 heterocycles. The quantitative estimate of drug-likeness (QED) is 0.843. The molecule has 2 fully saturated rings. The van der Waals surface area contributed by atoms with Crippen LogP contribution in [0.25, 0.3) is 0 Å². The van der Waals surface area contributed by atoms with Gasteiger partial charge in [-0.05, 0) is 19.2 Å². The molecular formula is C17H23ClFN3O3. The van der Waals surface area contributed by atoms with Crippen molar-refractivity contribution in [1.82, 2.24) is 14.7 Å². The van der Waals surface area contributed by atoms with Gasteiger partial charge in [-0.15, -0.1) is 0 Å². The van der Waals surface area contributed by atoms with Crippen molar-refractivity contribution >= 4 is 17.5 Å². The number of β-amino-alcohol motifs (C(OH)–C–C–N with tert-alkyl or cyclic N) is 1. The van der Waals surface area contributed by atoms with Crippen molar-refractivity contribution in [1.29, 1.82) is 0 Å². The molecule has 1 aromatic rings. The van der Waals surface area contributed by atoms with Gasteiger partial charge < -0.3 is 19.6 Å². The summed E-state index contributed by atoms with van der Waals surface area (Å²) in [7, 11) is 2.08. The predicted molar refractivity (Wildman–Crippen MR) is 92.3 cm³/mol. The Hall–Kier alpha value is -1.41. The van der Waals surface area contributed by atoms with Crippen LogP contribution in [0, 0.1) is 5.82 Å². The van der Waals surface area contributed by atoms with Gasteiger partial charge in [0.1, 0.15) is 11.6 Å². The van der Waals surface area contributed by atoms with Crippen LogP contribution in [0.1, 0.15) is 0 Å². The van der Waals surface area contributed by atoms with Crippen molar-refractivity contribution in [3.8, 4) is 5.75 Å². The molecule has 8 heteroatoms. The second-order valence-corrected chi connectivity index (χ2v) is 7.04. The molecule has 0 bridgehead atoms. The minimum atomic E-state index is -0.548. The van der Waals surface area contributed by atoms with E-state index >= 15 is 0 Å². The fourth-order valence-corrected chi connectivity index (χ4v) is 3.46. The Morgan fingerprint density at radius 2 is 2.04 bits per heavy atom. The third-order valence-electron chi connectivity index (χ3n) is 4.87. The summed E-state index contributed by atoms with van der Waals surface area (Å²) >= 11 is 5.70. The smallest absolute Gasteiger partial charge is 0.260 e. The van der Waals surface area contributed by atoms with Gasteiger partial charge >= 0.3 is 0 Å². The fourth-order valence-electron chi connectivity index (χ4n) is 3.29. The molecule has 0 saturated carbocycles. The van der Waals surface area contributed by atoms with Crippen LogP contribution in [0.4, 0.5) is 4.39 Å². The van der Waals surface area contributed by atoms with Gasteiger partial charge in [0, 0.05) is 45.3 Å². The van der Waals surface area contributed by atoms with E-state index in [-0.39, 0.29) is 23.6 Å². The highest BCUT2D eigenvalue weighted by atomic mass is 35.5. The van der Waals surface area contributed by atoms with Gasteiger partial charge in [-0.2, -0.15) is 0 Å². The van der Waals surface area contributed by atoms with E-state index < -0.39 is 11.9 Å². The molecule has 0 aliphatic carbocycles. The molecule has 1 amide bonds. The number of likely N-dealkylation sites (tertiary alicyclic amines) is 1. The normalized spacial score (nSPS) is 25.4. The van der Waals surface area contributed by atoms with Gasteiger partial charge in [0.15, 0.2) is 6.61 Å². The molecule has 2 aliphatic rings. The molecule has 2 saturated heterocycles. The highest BCUT2D eigenvalue weighted by molar-refractivity contribution is 6.30. The molecule has 25 heavy (non-hydrogen) atoms. The maximum Gasteiger partial charge on any atom is 0.260 e. The topological polar surface area (TPSA) is 56.2 Å². The number of rotatable bonds is 4. The lowest BCUT2D eigenvalue weighted by molar-refractivity contribution is -0.132. The van der Waals surface area contributed by atoms with Gasteiger partial charge in [-0.25, -0.2) is 4.39 Å². The molecule has 0 spiro atoms. The van der Waals surface area contributed by atoms with Crippen LogP contribution in [0.3, 0.4) is 0 Å². The summed E-state index contributed by atoms with van der Waals surface area (Å²) in [6, 6.07) is 3.94. The summed E-state index contributed by atoms with van der Waals surface area (Å²) in [5.41, 5.74) is 0. The first-order valence-electron chi connectivity index (χ1n) is 8.40. The van der Waals surface area contributed by atoms with Crippen molar-refractivity contribution in [2.75, 3.05) is 52.9 Å². The number of carbonyl (C=O) groups is 1. The maximum absolute atomic E-state index is 13.1. The van der Waals surface area contributed by atoms with Crippen molar-refractivity contribution in [3.63, 3.8) is 0 Å². The van der Waals surface area contributed by atoms with E-state index in [2.05, 4.69) is 16.8 Å². The van der Waals surface area contributed by atoms with E-state index in [1.54, 1.807) is 4.90 Å². The monoisotopic (exact) mass is 371 g/mol. The number of hydrogen-bond acceptors (Lipinski definition) is 5. The molecule has 138 valence electrons. The predicted octanol–water partition coefficient (Wildman–Crippen LogP) is 0.677. The first-order valence-corrected chi connectivity index (χ1v) is 8.78. The van der Waals surface area contributed by atoms with E-state index in [1.165, 1.54) is 18.2 Å². The third kappa shape index (κ3) is 4.41. The number of halogens is 2. The van der Waals surface area contributed by atoms with Gasteiger partial charge in [0.2, 0.25) is 0 Å². The summed E-state index contributed by atoms with van der Waals surface area (Å²) in [5.74, 6) is -0.385. The Balaban J connectivity index is 1.52. The van der Waals surface area contributed by atoms with Crippen molar-refractivity contribution in [2.45, 2.75) is 12.1 Å². The third-order valence-corrected chi connectivity index (χ3v) is 5.16. The molecule has 6 nitrogen and oxygen atoms in total. The van der Waals surface area contributed by atoms with Crippen LogP contribution < -0.4 is 4.74 Å². The molecular weight excluding hydrogens is 349 g/mol. The van der Waals surface area contributed by atoms with E-state index in [0.29, 0.717) is 18.8 Å². The van der Waals surface area contributed by atoms with Gasteiger partial charge in [-0.1, -0.05) is 11.6 Å². The average Bonchev–Trinajstić information content (AvgIpc) is 2.98. The van der Waals surface area contributed by atoms with Crippen LogP contribution in [0.2, 0.25) is 5.02 Å². The van der Waals surface area contributed by atoms with Gasteiger partial charge in [0.25, 0.3) is 5.91 Å². The number of aliphatic hydroxyl groups excluding tert-OH is 1. The summed E-state index contributed by atoms with van der Waals surface area (Å²) in [4.78, 5) is 18.5. The number of amides is 1. The van der Waals surface area contributed by atoms with Crippen LogP contribution in [-0.4, -0.2) is 90.8 Å². The van der Waals surface area contributed by atoms with E-state index in [0.717, 1.165) is 26.2 Å². The summed E-state index contributed by atoms with van der Waals surface area (Å²) in [6.07, 6.45) is -0.548. The first-order chi connectivity index (χ1) is 11.9. The summed E-state index contributed by atoms with van der Waals surface area (Å²) in [5, 5.41) is 10.3. The molecule has 2 aliphatic heterocycles. The SMILES string of the molecule is CN1CCN([C@@H]2CN(C(=O)COc3ccc(F)c(Cl)c3)C[C@H]2O)CC1. The van der Waals surface area contributed by atoms with Gasteiger partial charge in [-0.3, -0.25) is 9.69 Å². The maximum atomic E-state index is 13.1. The number of carbonyl (C=O) groups excluding carboxylic acids is 1. The second-order valence-electron chi connectivity index (χ2n) is 6.64. The van der Waals surface area contributed by atoms with E-state index in [9.17, 15) is 14.3 Å². The minimum Gasteiger partial charge on any atom is -0.484 e. The lowest BCUT2D eigenvalue weighted by atomic mass is 10.1. The van der Waals surface area contributed by atoms with Crippen LogP contribution in [0.5, 0.6) is 5.75 Å². The number of ether oxygens (including phenoxy) is 1. The van der Waals surface area contributed by atoms with Crippen LogP contribution >= 0.6 is 11.6 Å². The average molecular weight is 372 g/mol. The molecule has 0 radical (unpaired) electrons. The lowest BCUT2D eigenvalue weighted by Gasteiger charge is -2.37. The number of nitrogens with zero attached hydrogens (tertiary/aromatic N) is 3. The molecule has 0 aromatic heterocycles. The Bertz CT molecular complexity index is 625. The fraction of sp³-hybridized carbons (Fsp3) is 0.588. The number of likely N-dealkylation sites (N-methyl/N-ethyl adjacent to an activating group) is 1. The van der Waals surface area contributed by atoms with E-state index in [4.69, 9.17) is 16.3 Å². The second kappa shape index (κ2) is 7.86. The number of hydrogen-bond donors (Lipinski definition) is 1. The largest absolute Gasteiger partial charge is 0.484 e. The summed E-state index contributed by atoms with van der Waals surface area (Å²) in [6.45, 7) is 4.36. The van der Waals surface area contributed by atoms with Crippen LogP contribution in [-0.2, 0) is 4.79 Å². The highest BCUT2D eigenvalue weighted by Gasteiger charge is 2.38. The number of aliphatic hydroxyl groups is 1.